The molecule has 1 spiro atoms. The van der Waals surface area contributed by atoms with Gasteiger partial charge in [-0.3, -0.25) is 9.52 Å². The van der Waals surface area contributed by atoms with Crippen molar-refractivity contribution >= 4 is 27.6 Å². The average molecular weight is 563 g/mol. The Bertz CT molecular complexity index is 1610. The molecule has 0 bridgehead atoms. The Morgan fingerprint density at radius 1 is 1.12 bits per heavy atom. The topological polar surface area (TPSA) is 125 Å². The first kappa shape index (κ1) is 27.7. The Labute approximate surface area is 234 Å². The normalized spacial score (nSPS) is 16.5. The van der Waals surface area contributed by atoms with Gasteiger partial charge in [-0.15, -0.1) is 0 Å². The summed E-state index contributed by atoms with van der Waals surface area (Å²) in [4.78, 5) is 20.0. The van der Waals surface area contributed by atoms with E-state index >= 15 is 0 Å². The molecule has 2 aliphatic rings. The number of rotatable bonds is 9. The van der Waals surface area contributed by atoms with Crippen molar-refractivity contribution in [3.05, 3.63) is 65.0 Å². The predicted octanol–water partition coefficient (Wildman–Crippen LogP) is 5.86. The third-order valence-electron chi connectivity index (χ3n) is 7.82. The highest BCUT2D eigenvalue weighted by atomic mass is 32.2. The van der Waals surface area contributed by atoms with Crippen LogP contribution in [0.1, 0.15) is 68.8 Å². The van der Waals surface area contributed by atoms with Crippen LogP contribution in [0.15, 0.2) is 62.6 Å². The summed E-state index contributed by atoms with van der Waals surface area (Å²) in [6, 6.07) is 11.6. The van der Waals surface area contributed by atoms with Crippen molar-refractivity contribution in [2.45, 2.75) is 82.7 Å². The number of benzene rings is 2. The molecule has 0 radical (unpaired) electrons. The number of amides is 1. The molecule has 1 aliphatic carbocycles. The Hall–Kier alpha value is -3.88. The number of carbonyl (C=O) groups excluding carboxylic acids is 1. The quantitative estimate of drug-likeness (QED) is 0.336. The minimum atomic E-state index is -4.05. The van der Waals surface area contributed by atoms with Crippen LogP contribution in [0.25, 0.3) is 11.1 Å². The van der Waals surface area contributed by atoms with Gasteiger partial charge in [-0.2, -0.15) is 0 Å². The number of aromatic hydroxyl groups is 1. The molecule has 0 atom stereocenters. The second kappa shape index (κ2) is 10.9. The van der Waals surface area contributed by atoms with Gasteiger partial charge in [0.2, 0.25) is 0 Å². The average Bonchev–Trinajstić information content (AvgIpc) is 3.54. The number of hydrogen-bond acceptors (Lipinski definition) is 7. The summed E-state index contributed by atoms with van der Waals surface area (Å²) < 4.78 is 34.3. The van der Waals surface area contributed by atoms with E-state index in [4.69, 9.17) is 4.52 Å². The van der Waals surface area contributed by atoms with Gasteiger partial charge >= 0.3 is 0 Å². The van der Waals surface area contributed by atoms with E-state index < -0.39 is 15.6 Å². The van der Waals surface area contributed by atoms with Crippen LogP contribution < -0.4 is 4.72 Å². The summed E-state index contributed by atoms with van der Waals surface area (Å²) in [6.45, 7) is 5.80. The zero-order chi connectivity index (χ0) is 28.5. The van der Waals surface area contributed by atoms with Crippen molar-refractivity contribution < 1.29 is 22.8 Å². The van der Waals surface area contributed by atoms with Crippen LogP contribution in [-0.4, -0.2) is 40.9 Å². The van der Waals surface area contributed by atoms with Gasteiger partial charge in [0.15, 0.2) is 5.82 Å². The number of nitrogens with zero attached hydrogens (tertiary/aromatic N) is 3. The van der Waals surface area contributed by atoms with Crippen molar-refractivity contribution in [2.24, 2.45) is 4.99 Å². The lowest BCUT2D eigenvalue weighted by Crippen LogP contribution is -2.47. The molecule has 2 aromatic carbocycles. The maximum atomic E-state index is 13.7. The first-order valence-electron chi connectivity index (χ1n) is 13.7. The van der Waals surface area contributed by atoms with Gasteiger partial charge in [-0.05, 0) is 57.2 Å². The van der Waals surface area contributed by atoms with Crippen molar-refractivity contribution in [2.75, 3.05) is 4.72 Å². The Morgan fingerprint density at radius 2 is 1.88 bits per heavy atom. The number of sulfonamides is 1. The Kier molecular flexibility index (Phi) is 7.57. The molecule has 5 rings (SSSR count). The molecule has 9 nitrogen and oxygen atoms in total. The molecule has 1 fully saturated rings. The van der Waals surface area contributed by atoms with E-state index in [-0.39, 0.29) is 28.9 Å². The van der Waals surface area contributed by atoms with E-state index in [1.54, 1.807) is 49.1 Å². The number of hydrogen-bond donors (Lipinski definition) is 2. The third-order valence-corrected chi connectivity index (χ3v) is 9.22. The number of aryl methyl sites for hydroxylation is 1. The van der Waals surface area contributed by atoms with E-state index in [9.17, 15) is 18.3 Å². The summed E-state index contributed by atoms with van der Waals surface area (Å²) >= 11 is 0. The molecule has 10 heteroatoms. The fraction of sp³-hybridized carbons (Fsp3) is 0.400. The standard InChI is InChI=1S/C30H34N4O5S/c1-4-5-10-23-18-31-30(15-8-9-16-30)29(36)34(23)19-22-13-14-24(26(35)17-22)25-11-6-7-12-27(25)40(37,38)33-28-20(2)21(3)39-32-28/h6-7,11-14,17,35H,4-5,8-10,15-16,19H2,1-3H3,(H,32,33). The van der Waals surface area contributed by atoms with E-state index in [0.717, 1.165) is 49.8 Å². The van der Waals surface area contributed by atoms with Crippen LogP contribution in [-0.2, 0) is 21.4 Å². The van der Waals surface area contributed by atoms with Gasteiger partial charge in [-0.1, -0.05) is 61.7 Å². The number of aliphatic imine (C=N–C) groups is 1. The maximum absolute atomic E-state index is 13.7. The van der Waals surface area contributed by atoms with Crippen LogP contribution in [0, 0.1) is 13.8 Å². The number of anilines is 1. The summed E-state index contributed by atoms with van der Waals surface area (Å²) in [6.07, 6.45) is 6.01. The second-order valence-corrected chi connectivity index (χ2v) is 12.2. The van der Waals surface area contributed by atoms with Crippen LogP contribution in [0.3, 0.4) is 0 Å². The van der Waals surface area contributed by atoms with Crippen molar-refractivity contribution in [3.63, 3.8) is 0 Å². The monoisotopic (exact) mass is 562 g/mol. The zero-order valence-electron chi connectivity index (χ0n) is 23.0. The fourth-order valence-corrected chi connectivity index (χ4v) is 6.63. The smallest absolute Gasteiger partial charge is 0.263 e. The first-order chi connectivity index (χ1) is 19.1. The molecule has 210 valence electrons. The molecule has 40 heavy (non-hydrogen) atoms. The SMILES string of the molecule is CCCCC1=C=NC2(CCCC2)C(=O)N1Cc1ccc(-c2ccccc2S(=O)(=O)Nc2noc(C)c2C)c(O)c1. The molecule has 2 N–H and O–H groups in total. The van der Waals surface area contributed by atoms with E-state index in [0.29, 0.717) is 28.9 Å². The Balaban J connectivity index is 1.45. The maximum Gasteiger partial charge on any atom is 0.263 e. The van der Waals surface area contributed by atoms with Crippen molar-refractivity contribution in [1.82, 2.24) is 10.1 Å². The molecule has 1 saturated carbocycles. The van der Waals surface area contributed by atoms with Crippen LogP contribution >= 0.6 is 0 Å². The van der Waals surface area contributed by atoms with E-state index in [2.05, 4.69) is 27.7 Å². The highest BCUT2D eigenvalue weighted by Crippen LogP contribution is 2.39. The lowest BCUT2D eigenvalue weighted by atomic mass is 9.93. The minimum absolute atomic E-state index is 0.000630. The number of phenols is 1. The van der Waals surface area contributed by atoms with Crippen LogP contribution in [0.4, 0.5) is 5.82 Å². The van der Waals surface area contributed by atoms with Gasteiger partial charge in [0.25, 0.3) is 15.9 Å². The van der Waals surface area contributed by atoms with E-state index in [1.165, 1.54) is 6.07 Å². The number of phenolic OH excluding ortho intramolecular Hbond substituents is 1. The van der Waals surface area contributed by atoms with E-state index in [1.807, 2.05) is 6.07 Å². The van der Waals surface area contributed by atoms with Crippen molar-refractivity contribution in [3.8, 4) is 16.9 Å². The highest BCUT2D eigenvalue weighted by Gasteiger charge is 2.46. The molecule has 3 aromatic rings. The Morgan fingerprint density at radius 3 is 2.55 bits per heavy atom. The zero-order valence-corrected chi connectivity index (χ0v) is 23.8. The molecular weight excluding hydrogens is 528 g/mol. The molecule has 0 unspecified atom stereocenters. The predicted molar refractivity (Wildman–Crippen MR) is 153 cm³/mol. The summed E-state index contributed by atoms with van der Waals surface area (Å²) in [5, 5.41) is 14.9. The third kappa shape index (κ3) is 5.17. The van der Waals surface area contributed by atoms with Gasteiger partial charge in [0.05, 0.1) is 17.1 Å². The van der Waals surface area contributed by atoms with Gasteiger partial charge < -0.3 is 14.5 Å². The number of nitrogens with one attached hydrogen (secondary N) is 1. The van der Waals surface area contributed by atoms with Gasteiger partial charge in [-0.25, -0.2) is 13.4 Å². The first-order valence-corrected chi connectivity index (χ1v) is 15.2. The number of allylic oxidation sites excluding steroid dienone is 1. The summed E-state index contributed by atoms with van der Waals surface area (Å²) in [5.74, 6) is 3.74. The molecular formula is C30H34N4O5S. The lowest BCUT2D eigenvalue weighted by molar-refractivity contribution is -0.135. The molecule has 1 amide bonds. The largest absolute Gasteiger partial charge is 0.507 e. The van der Waals surface area contributed by atoms with Gasteiger partial charge in [0.1, 0.15) is 17.0 Å². The number of unbranched alkanes of at least 4 members (excludes halogenated alkanes) is 1. The lowest BCUT2D eigenvalue weighted by Gasteiger charge is -2.34. The van der Waals surface area contributed by atoms with Crippen LogP contribution in [0.5, 0.6) is 5.75 Å². The summed E-state index contributed by atoms with van der Waals surface area (Å²) in [5.41, 5.74) is 2.07. The molecule has 1 aromatic heterocycles. The van der Waals surface area contributed by atoms with Crippen LogP contribution in [0.2, 0.25) is 0 Å². The molecule has 1 aliphatic heterocycles. The highest BCUT2D eigenvalue weighted by molar-refractivity contribution is 7.92. The second-order valence-electron chi connectivity index (χ2n) is 10.6. The summed E-state index contributed by atoms with van der Waals surface area (Å²) in [7, 11) is -4.05. The molecule has 2 heterocycles. The van der Waals surface area contributed by atoms with Gasteiger partial charge in [0, 0.05) is 22.6 Å². The molecule has 0 saturated heterocycles. The number of aromatic nitrogens is 1. The fourth-order valence-electron chi connectivity index (χ4n) is 5.35. The minimum Gasteiger partial charge on any atom is -0.507 e. The van der Waals surface area contributed by atoms with Crippen molar-refractivity contribution in [1.29, 1.82) is 0 Å². The number of carbonyl (C=O) groups is 1.